The van der Waals surface area contributed by atoms with E-state index < -0.39 is 8.07 Å². The van der Waals surface area contributed by atoms with Crippen molar-refractivity contribution in [1.82, 2.24) is 15.0 Å². The van der Waals surface area contributed by atoms with Crippen LogP contribution in [0.3, 0.4) is 0 Å². The third-order valence-electron chi connectivity index (χ3n) is 14.1. The van der Waals surface area contributed by atoms with Crippen LogP contribution in [0.2, 0.25) is 0 Å². The van der Waals surface area contributed by atoms with Gasteiger partial charge >= 0.3 is 0 Å². The molecule has 0 aliphatic heterocycles. The van der Waals surface area contributed by atoms with Gasteiger partial charge in [0.1, 0.15) is 11.2 Å². The molecule has 13 rings (SSSR count). The SMILES string of the molecule is c1ccc(-c2cc(-c3cccc([Si](c4ccccc4)(c4ccccc4)c4ccccc4)c3)c(-c3ccccc3)c(-c3nc(-c4ccccc4)nc(-c4cccc5c4oc4ccc6ccccc6c45)n3)c2)cc1. The van der Waals surface area contributed by atoms with Crippen LogP contribution in [-0.2, 0) is 0 Å². The van der Waals surface area contributed by atoms with Gasteiger partial charge in [-0.15, -0.1) is 0 Å². The molecule has 2 aromatic heterocycles. The predicted octanol–water partition coefficient (Wildman–Crippen LogP) is 14.3. The highest BCUT2D eigenvalue weighted by Crippen LogP contribution is 2.44. The Kier molecular flexibility index (Phi) is 10.8. The van der Waals surface area contributed by atoms with Crippen molar-refractivity contribution in [2.24, 2.45) is 0 Å². The average Bonchev–Trinajstić information content (AvgIpc) is 3.87. The maximum absolute atomic E-state index is 6.82. The summed E-state index contributed by atoms with van der Waals surface area (Å²) >= 11 is 0. The molecule has 0 saturated heterocycles. The first-order chi connectivity index (χ1) is 35.7. The van der Waals surface area contributed by atoms with Crippen molar-refractivity contribution in [3.8, 4) is 67.5 Å². The van der Waals surface area contributed by atoms with E-state index in [2.05, 4.69) is 255 Å². The van der Waals surface area contributed by atoms with Gasteiger partial charge in [0.25, 0.3) is 0 Å². The molecular weight excluding hydrogens is 891 g/mol. The van der Waals surface area contributed by atoms with Gasteiger partial charge in [0.05, 0.1) is 5.56 Å². The maximum atomic E-state index is 6.82. The minimum atomic E-state index is -2.90. The maximum Gasteiger partial charge on any atom is 0.179 e. The molecule has 13 aromatic rings. The predicted molar refractivity (Wildman–Crippen MR) is 301 cm³/mol. The van der Waals surface area contributed by atoms with Gasteiger partial charge in [-0.3, -0.25) is 0 Å². The fourth-order valence-electron chi connectivity index (χ4n) is 10.8. The average molecular weight is 936 g/mol. The summed E-state index contributed by atoms with van der Waals surface area (Å²) in [6, 6.07) is 97.8. The quantitative estimate of drug-likeness (QED) is 0.101. The van der Waals surface area contributed by atoms with Crippen LogP contribution in [-0.4, -0.2) is 23.0 Å². The first-order valence-electron chi connectivity index (χ1n) is 24.4. The zero-order chi connectivity index (χ0) is 47.8. The van der Waals surface area contributed by atoms with E-state index >= 15 is 0 Å². The summed E-state index contributed by atoms with van der Waals surface area (Å²) in [7, 11) is -2.90. The minimum absolute atomic E-state index is 0.532. The van der Waals surface area contributed by atoms with Gasteiger partial charge in [-0.2, -0.15) is 0 Å². The fraction of sp³-hybridized carbons (Fsp3) is 0. The molecule has 11 aromatic carbocycles. The monoisotopic (exact) mass is 935 g/mol. The second-order valence-corrected chi connectivity index (χ2v) is 22.0. The lowest BCUT2D eigenvalue weighted by molar-refractivity contribution is 0.670. The number of fused-ring (bicyclic) bond motifs is 5. The molecule has 0 spiro atoms. The number of hydrogen-bond acceptors (Lipinski definition) is 4. The lowest BCUT2D eigenvalue weighted by Gasteiger charge is -2.34. The van der Waals surface area contributed by atoms with Crippen molar-refractivity contribution < 1.29 is 4.42 Å². The molecule has 72 heavy (non-hydrogen) atoms. The van der Waals surface area contributed by atoms with E-state index in [-0.39, 0.29) is 0 Å². The van der Waals surface area contributed by atoms with Crippen LogP contribution in [0.1, 0.15) is 0 Å². The number of nitrogens with zero attached hydrogens (tertiary/aromatic N) is 3. The van der Waals surface area contributed by atoms with Crippen LogP contribution >= 0.6 is 0 Å². The number of furan rings is 1. The smallest absolute Gasteiger partial charge is 0.179 e. The van der Waals surface area contributed by atoms with Crippen LogP contribution in [0, 0.1) is 0 Å². The van der Waals surface area contributed by atoms with E-state index in [0.29, 0.717) is 17.5 Å². The molecule has 0 N–H and O–H groups in total. The second-order valence-electron chi connectivity index (χ2n) is 18.2. The highest BCUT2D eigenvalue weighted by molar-refractivity contribution is 7.19. The Hall–Kier alpha value is -9.29. The minimum Gasteiger partial charge on any atom is -0.455 e. The van der Waals surface area contributed by atoms with Crippen molar-refractivity contribution in [3.63, 3.8) is 0 Å². The van der Waals surface area contributed by atoms with Crippen LogP contribution in [0.5, 0.6) is 0 Å². The van der Waals surface area contributed by atoms with Gasteiger partial charge in [-0.05, 0) is 83.6 Å². The fourth-order valence-corrected chi connectivity index (χ4v) is 15.6. The normalized spacial score (nSPS) is 11.6. The molecule has 0 saturated carbocycles. The molecule has 0 amide bonds. The van der Waals surface area contributed by atoms with Gasteiger partial charge in [-0.25, -0.2) is 15.0 Å². The van der Waals surface area contributed by atoms with Crippen LogP contribution < -0.4 is 20.7 Å². The standard InChI is InChI=1S/C67H45N3OSi/c1-7-23-46(24-8-1)51-44-59(50-30-21-37-55(43-50)72(52-31-13-4-14-32-52,53-33-15-5-16-34-53)54-35-17-6-18-36-54)62(48-26-9-2-10-27-48)60(45-51)67-69-65(49-28-11-3-12-29-49)68-66(70-67)58-40-22-39-57-63-56-38-20-19-25-47(56)41-42-61(63)71-64(57)58/h1-45H. The van der Waals surface area contributed by atoms with E-state index in [0.717, 1.165) is 82.8 Å². The molecule has 0 fully saturated rings. The highest BCUT2D eigenvalue weighted by atomic mass is 28.3. The van der Waals surface area contributed by atoms with Crippen LogP contribution in [0.15, 0.2) is 277 Å². The van der Waals surface area contributed by atoms with Gasteiger partial charge in [-0.1, -0.05) is 249 Å². The lowest BCUT2D eigenvalue weighted by atomic mass is 9.86. The molecule has 0 aliphatic carbocycles. The Labute approximate surface area is 419 Å². The number of para-hydroxylation sites is 1. The molecule has 0 radical (unpaired) electrons. The van der Waals surface area contributed by atoms with E-state index in [1.165, 1.54) is 20.7 Å². The Morgan fingerprint density at radius 3 is 1.40 bits per heavy atom. The Morgan fingerprint density at radius 1 is 0.292 bits per heavy atom. The van der Waals surface area contributed by atoms with E-state index in [9.17, 15) is 0 Å². The van der Waals surface area contributed by atoms with E-state index in [4.69, 9.17) is 19.4 Å². The van der Waals surface area contributed by atoms with Crippen molar-refractivity contribution in [2.45, 2.75) is 0 Å². The number of aromatic nitrogens is 3. The van der Waals surface area contributed by atoms with Crippen LogP contribution in [0.25, 0.3) is 100 Å². The van der Waals surface area contributed by atoms with Crippen molar-refractivity contribution in [2.75, 3.05) is 0 Å². The molecule has 0 aliphatic rings. The first kappa shape index (κ1) is 42.8. The van der Waals surface area contributed by atoms with E-state index in [1.807, 2.05) is 18.2 Å². The molecule has 0 bridgehead atoms. The molecular formula is C67H45N3OSi. The summed E-state index contributed by atoms with van der Waals surface area (Å²) < 4.78 is 6.82. The summed E-state index contributed by atoms with van der Waals surface area (Å²) in [6.07, 6.45) is 0. The van der Waals surface area contributed by atoms with E-state index in [1.54, 1.807) is 0 Å². The summed E-state index contributed by atoms with van der Waals surface area (Å²) in [5.74, 6) is 1.67. The third kappa shape index (κ3) is 7.43. The van der Waals surface area contributed by atoms with Crippen molar-refractivity contribution in [1.29, 1.82) is 0 Å². The van der Waals surface area contributed by atoms with Gasteiger partial charge in [0.2, 0.25) is 0 Å². The summed E-state index contributed by atoms with van der Waals surface area (Å²) in [5.41, 5.74) is 10.5. The number of hydrogen-bond donors (Lipinski definition) is 0. The molecule has 0 unspecified atom stereocenters. The third-order valence-corrected chi connectivity index (χ3v) is 18.8. The Morgan fingerprint density at radius 2 is 0.764 bits per heavy atom. The largest absolute Gasteiger partial charge is 0.455 e. The molecule has 4 nitrogen and oxygen atoms in total. The zero-order valence-corrected chi connectivity index (χ0v) is 40.2. The lowest BCUT2D eigenvalue weighted by Crippen LogP contribution is -2.74. The molecule has 0 atom stereocenters. The van der Waals surface area contributed by atoms with Gasteiger partial charge in [0.15, 0.2) is 25.5 Å². The number of rotatable bonds is 10. The highest BCUT2D eigenvalue weighted by Gasteiger charge is 2.41. The summed E-state index contributed by atoms with van der Waals surface area (Å²) in [6.45, 7) is 0. The summed E-state index contributed by atoms with van der Waals surface area (Å²) in [5, 5.41) is 9.64. The zero-order valence-electron chi connectivity index (χ0n) is 39.2. The van der Waals surface area contributed by atoms with Crippen molar-refractivity contribution >= 4 is 61.5 Å². The Balaban J connectivity index is 1.11. The molecule has 2 heterocycles. The molecule has 5 heteroatoms. The number of benzene rings is 11. The first-order valence-corrected chi connectivity index (χ1v) is 26.4. The van der Waals surface area contributed by atoms with Gasteiger partial charge in [0, 0.05) is 27.5 Å². The Bertz CT molecular complexity index is 3970. The van der Waals surface area contributed by atoms with Gasteiger partial charge < -0.3 is 4.42 Å². The van der Waals surface area contributed by atoms with Crippen LogP contribution in [0.4, 0.5) is 0 Å². The molecule has 338 valence electrons. The van der Waals surface area contributed by atoms with Crippen molar-refractivity contribution in [3.05, 3.63) is 273 Å². The topological polar surface area (TPSA) is 51.8 Å². The second kappa shape index (κ2) is 18.2. The summed E-state index contributed by atoms with van der Waals surface area (Å²) in [4.78, 5) is 16.3.